The third-order valence-corrected chi connectivity index (χ3v) is 3.91. The number of fused-ring (bicyclic) bond motifs is 1. The van der Waals surface area contributed by atoms with Crippen molar-refractivity contribution >= 4 is 34.4 Å². The fourth-order valence-electron chi connectivity index (χ4n) is 2.27. The van der Waals surface area contributed by atoms with Gasteiger partial charge in [-0.05, 0) is 36.6 Å². The Labute approximate surface area is 142 Å². The number of benzene rings is 1. The second kappa shape index (κ2) is 6.67. The summed E-state index contributed by atoms with van der Waals surface area (Å²) in [6.07, 6.45) is 4.75. The molecule has 0 atom stereocenters. The van der Waals surface area contributed by atoms with Gasteiger partial charge in [-0.15, -0.1) is 0 Å². The molecule has 1 N–H and O–H groups in total. The quantitative estimate of drug-likeness (QED) is 0.449. The number of hydrogen-bond acceptors (Lipinski definition) is 5. The molecule has 0 saturated heterocycles. The van der Waals surface area contributed by atoms with Crippen LogP contribution in [0.15, 0.2) is 65.2 Å². The van der Waals surface area contributed by atoms with Crippen LogP contribution < -0.4 is 10.9 Å². The lowest BCUT2D eigenvalue weighted by Crippen LogP contribution is -2.19. The van der Waals surface area contributed by atoms with E-state index in [0.29, 0.717) is 22.2 Å². The van der Waals surface area contributed by atoms with Crippen LogP contribution in [0.5, 0.6) is 0 Å². The molecule has 0 aliphatic heterocycles. The van der Waals surface area contributed by atoms with Crippen LogP contribution >= 0.6 is 11.8 Å². The van der Waals surface area contributed by atoms with Gasteiger partial charge in [0.15, 0.2) is 10.8 Å². The Kier molecular flexibility index (Phi) is 4.43. The SMILES string of the molecule is C=CC(=O)Nc1cccc(-n2c(=O)ccc3cnc(SC)nc32)c1. The summed E-state index contributed by atoms with van der Waals surface area (Å²) in [6, 6.07) is 10.2. The number of anilines is 1. The molecule has 2 aromatic heterocycles. The molecule has 2 heterocycles. The van der Waals surface area contributed by atoms with Gasteiger partial charge < -0.3 is 5.32 Å². The Morgan fingerprint density at radius 2 is 2.17 bits per heavy atom. The van der Waals surface area contributed by atoms with Crippen molar-refractivity contribution in [2.75, 3.05) is 11.6 Å². The van der Waals surface area contributed by atoms with Crippen molar-refractivity contribution in [1.82, 2.24) is 14.5 Å². The lowest BCUT2D eigenvalue weighted by molar-refractivity contribution is -0.111. The molecule has 1 aromatic carbocycles. The van der Waals surface area contributed by atoms with E-state index in [0.717, 1.165) is 5.39 Å². The van der Waals surface area contributed by atoms with Crippen molar-refractivity contribution in [3.05, 3.63) is 65.6 Å². The molecule has 0 unspecified atom stereocenters. The molecule has 3 rings (SSSR count). The topological polar surface area (TPSA) is 76.9 Å². The lowest BCUT2D eigenvalue weighted by atomic mass is 10.2. The molecule has 1 amide bonds. The number of pyridine rings is 1. The molecule has 7 heteroatoms. The molecule has 6 nitrogen and oxygen atoms in total. The maximum Gasteiger partial charge on any atom is 0.256 e. The van der Waals surface area contributed by atoms with Crippen molar-refractivity contribution in [2.45, 2.75) is 5.16 Å². The van der Waals surface area contributed by atoms with Gasteiger partial charge in [0.1, 0.15) is 0 Å². The normalized spacial score (nSPS) is 10.5. The first-order valence-corrected chi connectivity index (χ1v) is 8.31. The summed E-state index contributed by atoms with van der Waals surface area (Å²) in [7, 11) is 0. The van der Waals surface area contributed by atoms with Gasteiger partial charge >= 0.3 is 0 Å². The molecule has 120 valence electrons. The molecule has 3 aromatic rings. The van der Waals surface area contributed by atoms with Gasteiger partial charge in [-0.3, -0.25) is 14.2 Å². The van der Waals surface area contributed by atoms with Crippen LogP contribution in [0.25, 0.3) is 16.7 Å². The first-order valence-electron chi connectivity index (χ1n) is 7.09. The molecule has 24 heavy (non-hydrogen) atoms. The Morgan fingerprint density at radius 3 is 2.92 bits per heavy atom. The number of carbonyl (C=O) groups is 1. The number of rotatable bonds is 4. The van der Waals surface area contributed by atoms with Crippen molar-refractivity contribution in [1.29, 1.82) is 0 Å². The predicted octanol–water partition coefficient (Wildman–Crippen LogP) is 2.63. The molecule has 0 saturated carbocycles. The zero-order chi connectivity index (χ0) is 17.1. The summed E-state index contributed by atoms with van der Waals surface area (Å²) in [6.45, 7) is 3.42. The Balaban J connectivity index is 2.20. The summed E-state index contributed by atoms with van der Waals surface area (Å²) >= 11 is 1.40. The number of aromatic nitrogens is 3. The fraction of sp³-hybridized carbons (Fsp3) is 0.0588. The number of thioether (sulfide) groups is 1. The smallest absolute Gasteiger partial charge is 0.256 e. The first-order chi connectivity index (χ1) is 11.6. The van der Waals surface area contributed by atoms with E-state index in [1.165, 1.54) is 28.5 Å². The molecule has 0 radical (unpaired) electrons. The summed E-state index contributed by atoms with van der Waals surface area (Å²) in [5.41, 5.74) is 1.49. The van der Waals surface area contributed by atoms with E-state index in [4.69, 9.17) is 0 Å². The molecule has 0 aliphatic rings. The molecule has 0 spiro atoms. The van der Waals surface area contributed by atoms with E-state index in [9.17, 15) is 9.59 Å². The van der Waals surface area contributed by atoms with Crippen LogP contribution in [-0.2, 0) is 4.79 Å². The molecular formula is C17H14N4O2S. The highest BCUT2D eigenvalue weighted by molar-refractivity contribution is 7.98. The summed E-state index contributed by atoms with van der Waals surface area (Å²) in [4.78, 5) is 32.6. The summed E-state index contributed by atoms with van der Waals surface area (Å²) in [5.74, 6) is -0.315. The monoisotopic (exact) mass is 338 g/mol. The van der Waals surface area contributed by atoms with E-state index >= 15 is 0 Å². The van der Waals surface area contributed by atoms with E-state index in [-0.39, 0.29) is 11.5 Å². The van der Waals surface area contributed by atoms with Crippen LogP contribution in [-0.4, -0.2) is 26.7 Å². The molecule has 0 fully saturated rings. The summed E-state index contributed by atoms with van der Waals surface area (Å²) < 4.78 is 1.50. The van der Waals surface area contributed by atoms with Gasteiger partial charge in [0.25, 0.3) is 5.56 Å². The zero-order valence-corrected chi connectivity index (χ0v) is 13.7. The largest absolute Gasteiger partial charge is 0.322 e. The minimum absolute atomic E-state index is 0.208. The van der Waals surface area contributed by atoms with Crippen LogP contribution in [0.2, 0.25) is 0 Å². The van der Waals surface area contributed by atoms with Crippen LogP contribution in [0.1, 0.15) is 0 Å². The van der Waals surface area contributed by atoms with Gasteiger partial charge in [-0.2, -0.15) is 0 Å². The Hall–Kier alpha value is -2.93. The van der Waals surface area contributed by atoms with Gasteiger partial charge in [0.05, 0.1) is 5.69 Å². The Morgan fingerprint density at radius 1 is 1.33 bits per heavy atom. The first kappa shape index (κ1) is 15.9. The highest BCUT2D eigenvalue weighted by atomic mass is 32.2. The minimum Gasteiger partial charge on any atom is -0.322 e. The second-order valence-corrected chi connectivity index (χ2v) is 5.66. The maximum atomic E-state index is 12.4. The van der Waals surface area contributed by atoms with Crippen molar-refractivity contribution in [3.8, 4) is 5.69 Å². The minimum atomic E-state index is -0.315. The van der Waals surface area contributed by atoms with E-state index in [2.05, 4.69) is 21.9 Å². The van der Waals surface area contributed by atoms with E-state index in [1.807, 2.05) is 6.26 Å². The Bertz CT molecular complexity index is 997. The third-order valence-electron chi connectivity index (χ3n) is 3.35. The number of hydrogen-bond donors (Lipinski definition) is 1. The predicted molar refractivity (Wildman–Crippen MR) is 95.7 cm³/mol. The lowest BCUT2D eigenvalue weighted by Gasteiger charge is -2.11. The molecule has 0 bridgehead atoms. The average molecular weight is 338 g/mol. The fourth-order valence-corrected chi connectivity index (χ4v) is 2.60. The van der Waals surface area contributed by atoms with Gasteiger partial charge in [-0.25, -0.2) is 9.97 Å². The maximum absolute atomic E-state index is 12.4. The van der Waals surface area contributed by atoms with E-state index in [1.54, 1.807) is 36.5 Å². The standard InChI is InChI=1S/C17H14N4O2S/c1-3-14(22)19-12-5-4-6-13(9-12)21-15(23)8-7-11-10-18-17(24-2)20-16(11)21/h3-10H,1H2,2H3,(H,19,22). The highest BCUT2D eigenvalue weighted by Crippen LogP contribution is 2.19. The second-order valence-electron chi connectivity index (χ2n) is 4.89. The van der Waals surface area contributed by atoms with E-state index < -0.39 is 0 Å². The number of nitrogens with zero attached hydrogens (tertiary/aromatic N) is 3. The van der Waals surface area contributed by atoms with Gasteiger partial charge in [-0.1, -0.05) is 24.4 Å². The van der Waals surface area contributed by atoms with Crippen LogP contribution in [0.3, 0.4) is 0 Å². The number of amides is 1. The summed E-state index contributed by atoms with van der Waals surface area (Å²) in [5, 5.41) is 4.02. The molecule has 0 aliphatic carbocycles. The van der Waals surface area contributed by atoms with Crippen LogP contribution in [0, 0.1) is 0 Å². The average Bonchev–Trinajstić information content (AvgIpc) is 2.61. The third kappa shape index (κ3) is 3.07. The highest BCUT2D eigenvalue weighted by Gasteiger charge is 2.09. The van der Waals surface area contributed by atoms with Gasteiger partial charge in [0.2, 0.25) is 5.91 Å². The van der Waals surface area contributed by atoms with Gasteiger partial charge in [0, 0.05) is 23.3 Å². The van der Waals surface area contributed by atoms with Crippen molar-refractivity contribution in [2.24, 2.45) is 0 Å². The zero-order valence-electron chi connectivity index (χ0n) is 12.9. The van der Waals surface area contributed by atoms with Crippen molar-refractivity contribution in [3.63, 3.8) is 0 Å². The molecular weight excluding hydrogens is 324 g/mol. The van der Waals surface area contributed by atoms with Crippen LogP contribution in [0.4, 0.5) is 5.69 Å². The van der Waals surface area contributed by atoms with Crippen molar-refractivity contribution < 1.29 is 4.79 Å². The number of nitrogens with one attached hydrogen (secondary N) is 1. The number of carbonyl (C=O) groups excluding carboxylic acids is 1.